The summed E-state index contributed by atoms with van der Waals surface area (Å²) in [5.74, 6) is -0.441. The molecule has 4 heteroatoms. The maximum Gasteiger partial charge on any atom is 0.261 e. The summed E-state index contributed by atoms with van der Waals surface area (Å²) in [5.41, 5.74) is 0.0539. The van der Waals surface area contributed by atoms with Crippen molar-refractivity contribution >= 4 is 11.7 Å². The number of hydrogen-bond acceptors (Lipinski definition) is 3. The molecule has 4 nitrogen and oxygen atoms in total. The van der Waals surface area contributed by atoms with Crippen molar-refractivity contribution in [2.75, 3.05) is 6.54 Å². The number of unbranched alkanes of at least 4 members (excludes halogenated alkanes) is 5. The maximum atomic E-state index is 12.2. The van der Waals surface area contributed by atoms with Crippen LogP contribution in [0, 0.1) is 0 Å². The Labute approximate surface area is 139 Å². The van der Waals surface area contributed by atoms with Gasteiger partial charge in [-0.1, -0.05) is 38.3 Å². The SMILES string of the molecule is CCCCCCC=CCCCC(=O)C1=C(O)C2CCCN2C1=O. The lowest BCUT2D eigenvalue weighted by Gasteiger charge is -2.14. The number of rotatable bonds is 10. The summed E-state index contributed by atoms with van der Waals surface area (Å²) in [5, 5.41) is 10.1. The Hall–Kier alpha value is -1.58. The number of carbonyl (C=O) groups excluding carboxylic acids is 2. The van der Waals surface area contributed by atoms with Gasteiger partial charge >= 0.3 is 0 Å². The molecule has 0 aromatic carbocycles. The van der Waals surface area contributed by atoms with Crippen LogP contribution in [0.25, 0.3) is 0 Å². The van der Waals surface area contributed by atoms with E-state index in [1.807, 2.05) is 0 Å². The Bertz CT molecular complexity index is 493. The van der Waals surface area contributed by atoms with Crippen LogP contribution in [0.1, 0.15) is 71.1 Å². The average Bonchev–Trinajstić information content (AvgIpc) is 3.10. The molecule has 128 valence electrons. The third kappa shape index (κ3) is 4.46. The lowest BCUT2D eigenvalue weighted by Crippen LogP contribution is -2.30. The second kappa shape index (κ2) is 8.90. The summed E-state index contributed by atoms with van der Waals surface area (Å²) in [6, 6.07) is -0.232. The molecule has 2 heterocycles. The van der Waals surface area contributed by atoms with Gasteiger partial charge in [0.25, 0.3) is 5.91 Å². The van der Waals surface area contributed by atoms with E-state index in [4.69, 9.17) is 0 Å². The number of hydrogen-bond donors (Lipinski definition) is 1. The molecule has 0 spiro atoms. The van der Waals surface area contributed by atoms with Crippen LogP contribution in [0.2, 0.25) is 0 Å². The second-order valence-corrected chi connectivity index (χ2v) is 6.55. The van der Waals surface area contributed by atoms with E-state index in [2.05, 4.69) is 19.1 Å². The molecule has 0 aromatic rings. The zero-order chi connectivity index (χ0) is 16.7. The predicted molar refractivity (Wildman–Crippen MR) is 91.1 cm³/mol. The molecule has 23 heavy (non-hydrogen) atoms. The van der Waals surface area contributed by atoms with Crippen molar-refractivity contribution in [3.8, 4) is 0 Å². The average molecular weight is 319 g/mol. The van der Waals surface area contributed by atoms with Crippen LogP contribution < -0.4 is 0 Å². The first kappa shape index (κ1) is 17.8. The number of amides is 1. The minimum absolute atomic E-state index is 0.0176. The number of aliphatic hydroxyl groups excluding tert-OH is 1. The number of carbonyl (C=O) groups is 2. The molecule has 2 aliphatic rings. The Morgan fingerprint density at radius 3 is 2.65 bits per heavy atom. The van der Waals surface area contributed by atoms with Crippen molar-refractivity contribution < 1.29 is 14.7 Å². The normalized spacial score (nSPS) is 20.8. The van der Waals surface area contributed by atoms with Crippen LogP contribution in [-0.2, 0) is 9.59 Å². The molecular formula is C19H29NO3. The number of fused-ring (bicyclic) bond motifs is 1. The molecule has 2 aliphatic heterocycles. The van der Waals surface area contributed by atoms with E-state index in [0.717, 1.165) is 32.1 Å². The van der Waals surface area contributed by atoms with Crippen molar-refractivity contribution in [1.29, 1.82) is 0 Å². The smallest absolute Gasteiger partial charge is 0.261 e. The van der Waals surface area contributed by atoms with Crippen molar-refractivity contribution in [3.63, 3.8) is 0 Å². The van der Waals surface area contributed by atoms with Gasteiger partial charge in [0.15, 0.2) is 5.78 Å². The molecule has 0 aromatic heterocycles. The molecule has 1 atom stereocenters. The van der Waals surface area contributed by atoms with Gasteiger partial charge in [-0.25, -0.2) is 0 Å². The maximum absolute atomic E-state index is 12.2. The minimum Gasteiger partial charge on any atom is -0.509 e. The van der Waals surface area contributed by atoms with Crippen LogP contribution in [0.5, 0.6) is 0 Å². The van der Waals surface area contributed by atoms with Gasteiger partial charge in [0, 0.05) is 13.0 Å². The minimum atomic E-state index is -0.263. The first-order valence-corrected chi connectivity index (χ1v) is 9.09. The Balaban J connectivity index is 1.68. The third-order valence-electron chi connectivity index (χ3n) is 4.74. The molecule has 0 aliphatic carbocycles. The fraction of sp³-hybridized carbons (Fsp3) is 0.684. The van der Waals surface area contributed by atoms with Crippen LogP contribution in [0.3, 0.4) is 0 Å². The molecular weight excluding hydrogens is 290 g/mol. The van der Waals surface area contributed by atoms with Crippen LogP contribution in [-0.4, -0.2) is 34.3 Å². The largest absolute Gasteiger partial charge is 0.509 e. The van der Waals surface area contributed by atoms with Crippen molar-refractivity contribution in [3.05, 3.63) is 23.5 Å². The summed E-state index contributed by atoms with van der Waals surface area (Å²) in [6.07, 6.45) is 14.1. The molecule has 1 fully saturated rings. The van der Waals surface area contributed by atoms with Gasteiger partial charge in [-0.3, -0.25) is 9.59 Å². The number of Topliss-reactive ketones (excluding diaryl/α,β-unsaturated/α-hetero) is 1. The van der Waals surface area contributed by atoms with Crippen LogP contribution in [0.4, 0.5) is 0 Å². The van der Waals surface area contributed by atoms with Crippen LogP contribution >= 0.6 is 0 Å². The van der Waals surface area contributed by atoms with E-state index >= 15 is 0 Å². The van der Waals surface area contributed by atoms with Crippen molar-refractivity contribution in [2.45, 2.75) is 77.2 Å². The van der Waals surface area contributed by atoms with Gasteiger partial charge in [0.05, 0.1) is 6.04 Å². The van der Waals surface area contributed by atoms with E-state index in [1.54, 1.807) is 4.90 Å². The Morgan fingerprint density at radius 1 is 1.22 bits per heavy atom. The molecule has 0 saturated carbocycles. The summed E-state index contributed by atoms with van der Waals surface area (Å²) < 4.78 is 0. The van der Waals surface area contributed by atoms with Crippen molar-refractivity contribution in [2.24, 2.45) is 0 Å². The zero-order valence-electron chi connectivity index (χ0n) is 14.2. The molecule has 0 radical (unpaired) electrons. The fourth-order valence-corrected chi connectivity index (χ4v) is 3.41. The quantitative estimate of drug-likeness (QED) is 0.375. The third-order valence-corrected chi connectivity index (χ3v) is 4.74. The number of allylic oxidation sites excluding steroid dienone is 2. The summed E-state index contributed by atoms with van der Waals surface area (Å²) in [6.45, 7) is 2.87. The first-order valence-electron chi connectivity index (χ1n) is 9.09. The van der Waals surface area contributed by atoms with Gasteiger partial charge in [0.1, 0.15) is 11.3 Å². The van der Waals surface area contributed by atoms with E-state index in [9.17, 15) is 14.7 Å². The fourth-order valence-electron chi connectivity index (χ4n) is 3.41. The predicted octanol–water partition coefficient (Wildman–Crippen LogP) is 4.07. The van der Waals surface area contributed by atoms with E-state index in [-0.39, 0.29) is 29.1 Å². The van der Waals surface area contributed by atoms with Crippen molar-refractivity contribution in [1.82, 2.24) is 4.90 Å². The van der Waals surface area contributed by atoms with Gasteiger partial charge < -0.3 is 10.0 Å². The number of nitrogens with zero attached hydrogens (tertiary/aromatic N) is 1. The second-order valence-electron chi connectivity index (χ2n) is 6.55. The van der Waals surface area contributed by atoms with Crippen LogP contribution in [0.15, 0.2) is 23.5 Å². The number of aliphatic hydroxyl groups is 1. The Morgan fingerprint density at radius 2 is 1.96 bits per heavy atom. The monoisotopic (exact) mass is 319 g/mol. The summed E-state index contributed by atoms with van der Waals surface area (Å²) >= 11 is 0. The molecule has 1 N–H and O–H groups in total. The van der Waals surface area contributed by atoms with Gasteiger partial charge in [-0.2, -0.15) is 0 Å². The summed E-state index contributed by atoms with van der Waals surface area (Å²) in [4.78, 5) is 26.0. The zero-order valence-corrected chi connectivity index (χ0v) is 14.2. The van der Waals surface area contributed by atoms with Gasteiger partial charge in [0.2, 0.25) is 0 Å². The first-order chi connectivity index (χ1) is 11.2. The standard InChI is InChI=1S/C19H29NO3/c1-2-3-4-5-6-7-8-9-10-13-16(21)17-18(22)15-12-11-14-20(15)19(17)23/h7-8,15,22H,2-6,9-14H2,1H3. The highest BCUT2D eigenvalue weighted by Crippen LogP contribution is 2.33. The van der Waals surface area contributed by atoms with E-state index < -0.39 is 0 Å². The number of ketones is 1. The summed E-state index contributed by atoms with van der Waals surface area (Å²) in [7, 11) is 0. The highest BCUT2D eigenvalue weighted by molar-refractivity contribution is 6.21. The van der Waals surface area contributed by atoms with E-state index in [0.29, 0.717) is 13.0 Å². The molecule has 1 amide bonds. The topological polar surface area (TPSA) is 57.6 Å². The lowest BCUT2D eigenvalue weighted by atomic mass is 10.0. The molecule has 2 rings (SSSR count). The highest BCUT2D eigenvalue weighted by atomic mass is 16.3. The van der Waals surface area contributed by atoms with E-state index in [1.165, 1.54) is 25.7 Å². The Kier molecular flexibility index (Phi) is 6.87. The lowest BCUT2D eigenvalue weighted by molar-refractivity contribution is -0.128. The molecule has 1 unspecified atom stereocenters. The molecule has 0 bridgehead atoms. The molecule has 1 saturated heterocycles. The van der Waals surface area contributed by atoms with Gasteiger partial charge in [-0.05, 0) is 38.5 Å². The van der Waals surface area contributed by atoms with Gasteiger partial charge in [-0.15, -0.1) is 0 Å². The highest BCUT2D eigenvalue weighted by Gasteiger charge is 2.44.